The van der Waals surface area contributed by atoms with Crippen molar-refractivity contribution >= 4 is 29.2 Å². The van der Waals surface area contributed by atoms with Gasteiger partial charge in [-0.25, -0.2) is 0 Å². The zero-order valence-corrected chi connectivity index (χ0v) is 25.2. The highest BCUT2D eigenvalue weighted by Gasteiger charge is 2.74. The second-order valence-electron chi connectivity index (χ2n) is 11.9. The van der Waals surface area contributed by atoms with Gasteiger partial charge in [-0.3, -0.25) is 14.4 Å². The average molecular weight is 580 g/mol. The number of nitrogens with zero attached hydrogens (tertiary/aromatic N) is 3. The lowest BCUT2D eigenvalue weighted by atomic mass is 9.74. The summed E-state index contributed by atoms with van der Waals surface area (Å²) in [5.74, 6) is -2.63. The van der Waals surface area contributed by atoms with E-state index < -0.39 is 35.0 Å². The summed E-state index contributed by atoms with van der Waals surface area (Å²) in [5.41, 5.74) is -0.541. The molecule has 9 nitrogen and oxygen atoms in total. The molecule has 5 atom stereocenters. The standard InChI is InChI=1S/C33H45N3O6/c1-4-34(5-2)24-14-16-25(17-15-24)35-21-13-19-33-26(27-31(40)41-23-12-8-9-18-32(27,3)42-33)29(38)36(28(33)30(35)39)20-10-6-7-11-22-37/h9,13-19,26-28,37H,4-8,10-12,20-23H2,1-3H3/b18-9-/t26-,27-,28?,32+,33-/m0/s1. The number of carbonyl (C=O) groups is 3. The first-order valence-corrected chi connectivity index (χ1v) is 15.6. The van der Waals surface area contributed by atoms with Gasteiger partial charge in [0.1, 0.15) is 17.6 Å². The number of carbonyl (C=O) groups excluding carboxylic acids is 3. The Bertz CT molecular complexity index is 1210. The Balaban J connectivity index is 1.53. The van der Waals surface area contributed by atoms with Gasteiger partial charge < -0.3 is 29.3 Å². The Morgan fingerprint density at radius 2 is 1.69 bits per heavy atom. The van der Waals surface area contributed by atoms with Crippen molar-refractivity contribution in [1.29, 1.82) is 0 Å². The normalized spacial score (nSPS) is 31.4. The molecule has 0 bridgehead atoms. The molecule has 1 unspecified atom stereocenters. The highest BCUT2D eigenvalue weighted by molar-refractivity contribution is 6.05. The molecule has 2 saturated heterocycles. The van der Waals surface area contributed by atoms with Crippen molar-refractivity contribution in [2.45, 2.75) is 76.5 Å². The number of hydrogen-bond donors (Lipinski definition) is 1. The number of ether oxygens (including phenoxy) is 2. The van der Waals surface area contributed by atoms with Crippen molar-refractivity contribution in [2.24, 2.45) is 11.8 Å². The number of aliphatic hydroxyl groups is 1. The van der Waals surface area contributed by atoms with Gasteiger partial charge in [-0.2, -0.15) is 0 Å². The topological polar surface area (TPSA) is 99.6 Å². The molecule has 1 spiro atoms. The van der Waals surface area contributed by atoms with E-state index in [4.69, 9.17) is 9.47 Å². The van der Waals surface area contributed by atoms with E-state index in [9.17, 15) is 19.5 Å². The Hall–Kier alpha value is -3.17. The smallest absolute Gasteiger partial charge is 0.313 e. The van der Waals surface area contributed by atoms with Gasteiger partial charge in [0.25, 0.3) is 5.91 Å². The largest absolute Gasteiger partial charge is 0.465 e. The lowest BCUT2D eigenvalue weighted by Gasteiger charge is -2.37. The fraction of sp³-hybridized carbons (Fsp3) is 0.606. The monoisotopic (exact) mass is 579 g/mol. The minimum atomic E-state index is -1.29. The van der Waals surface area contributed by atoms with E-state index in [1.807, 2.05) is 55.5 Å². The van der Waals surface area contributed by atoms with E-state index in [1.165, 1.54) is 0 Å². The van der Waals surface area contributed by atoms with E-state index in [0.717, 1.165) is 43.7 Å². The summed E-state index contributed by atoms with van der Waals surface area (Å²) in [6.07, 6.45) is 12.2. The first-order valence-electron chi connectivity index (χ1n) is 15.6. The molecule has 42 heavy (non-hydrogen) atoms. The summed E-state index contributed by atoms with van der Waals surface area (Å²) in [6, 6.07) is 7.06. The highest BCUT2D eigenvalue weighted by atomic mass is 16.6. The molecule has 4 aliphatic rings. The summed E-state index contributed by atoms with van der Waals surface area (Å²) in [5, 5.41) is 9.19. The maximum absolute atomic E-state index is 14.6. The molecular formula is C33H45N3O6. The Kier molecular flexibility index (Phi) is 9.08. The second kappa shape index (κ2) is 12.6. The number of benzene rings is 1. The van der Waals surface area contributed by atoms with Crippen LogP contribution in [0.25, 0.3) is 0 Å². The molecule has 1 N–H and O–H groups in total. The van der Waals surface area contributed by atoms with Crippen LogP contribution in [0.5, 0.6) is 0 Å². The molecule has 1 aromatic rings. The number of amides is 2. The van der Waals surface area contributed by atoms with E-state index in [2.05, 4.69) is 18.7 Å². The quantitative estimate of drug-likeness (QED) is 0.255. The molecule has 0 aromatic heterocycles. The van der Waals surface area contributed by atoms with E-state index >= 15 is 0 Å². The summed E-state index contributed by atoms with van der Waals surface area (Å²) < 4.78 is 12.5. The molecule has 4 aliphatic heterocycles. The Morgan fingerprint density at radius 3 is 2.40 bits per heavy atom. The Morgan fingerprint density at radius 1 is 0.952 bits per heavy atom. The third-order valence-corrected chi connectivity index (χ3v) is 9.35. The van der Waals surface area contributed by atoms with Gasteiger partial charge in [-0.1, -0.05) is 37.1 Å². The minimum Gasteiger partial charge on any atom is -0.465 e. The van der Waals surface area contributed by atoms with Crippen molar-refractivity contribution in [3.8, 4) is 0 Å². The molecule has 0 saturated carbocycles. The van der Waals surface area contributed by atoms with E-state index in [0.29, 0.717) is 32.4 Å². The SMILES string of the molecule is CCN(CC)c1ccc(N2CC=C[C@]34O[C@]5(C)/C=C\CCCOC(=O)[C@@H]5[C@H]3C(=O)N(CCCCCCO)C4C2=O)cc1. The van der Waals surface area contributed by atoms with Crippen molar-refractivity contribution in [2.75, 3.05) is 49.2 Å². The minimum absolute atomic E-state index is 0.130. The third-order valence-electron chi connectivity index (χ3n) is 9.35. The fourth-order valence-electron chi connectivity index (χ4n) is 7.29. The van der Waals surface area contributed by atoms with Crippen LogP contribution in [0.2, 0.25) is 0 Å². The van der Waals surface area contributed by atoms with Crippen molar-refractivity contribution in [3.63, 3.8) is 0 Å². The first kappa shape index (κ1) is 30.3. The maximum atomic E-state index is 14.6. The number of aliphatic hydroxyl groups excluding tert-OH is 1. The van der Waals surface area contributed by atoms with Crippen LogP contribution in [-0.4, -0.2) is 84.4 Å². The average Bonchev–Trinajstić information content (AvgIpc) is 3.33. The van der Waals surface area contributed by atoms with Crippen LogP contribution < -0.4 is 9.80 Å². The molecule has 1 aromatic carbocycles. The number of anilines is 2. The summed E-state index contributed by atoms with van der Waals surface area (Å²) in [7, 11) is 0. The van der Waals surface area contributed by atoms with Crippen LogP contribution in [0.1, 0.15) is 59.3 Å². The van der Waals surface area contributed by atoms with Crippen molar-refractivity contribution in [1.82, 2.24) is 4.90 Å². The van der Waals surface area contributed by atoms with Crippen LogP contribution in [0.4, 0.5) is 11.4 Å². The predicted octanol–water partition coefficient (Wildman–Crippen LogP) is 3.85. The van der Waals surface area contributed by atoms with Crippen LogP contribution in [0.3, 0.4) is 0 Å². The molecular weight excluding hydrogens is 534 g/mol. The summed E-state index contributed by atoms with van der Waals surface area (Å²) >= 11 is 0. The van der Waals surface area contributed by atoms with Gasteiger partial charge in [0.2, 0.25) is 5.91 Å². The number of cyclic esters (lactones) is 1. The van der Waals surface area contributed by atoms with Crippen LogP contribution >= 0.6 is 0 Å². The predicted molar refractivity (Wildman–Crippen MR) is 161 cm³/mol. The molecule has 0 radical (unpaired) electrons. The zero-order valence-electron chi connectivity index (χ0n) is 25.2. The number of allylic oxidation sites excluding steroid dienone is 1. The zero-order chi connectivity index (χ0) is 29.9. The van der Waals surface area contributed by atoms with Gasteiger partial charge in [-0.15, -0.1) is 0 Å². The molecule has 2 amide bonds. The molecule has 5 rings (SSSR count). The number of likely N-dealkylation sites (tertiary alicyclic amines) is 1. The Labute approximate surface area is 249 Å². The molecule has 228 valence electrons. The molecule has 9 heteroatoms. The van der Waals surface area contributed by atoms with Crippen LogP contribution in [0, 0.1) is 11.8 Å². The summed E-state index contributed by atoms with van der Waals surface area (Å²) in [6.45, 7) is 8.96. The number of unbranched alkanes of at least 4 members (excludes halogenated alkanes) is 3. The number of fused-ring (bicyclic) bond motifs is 2. The highest BCUT2D eigenvalue weighted by Crippen LogP contribution is 2.57. The summed E-state index contributed by atoms with van der Waals surface area (Å²) in [4.78, 5) is 48.1. The van der Waals surface area contributed by atoms with Gasteiger partial charge in [0.15, 0.2) is 0 Å². The van der Waals surface area contributed by atoms with Crippen molar-refractivity contribution < 1.29 is 29.0 Å². The number of esters is 1. The van der Waals surface area contributed by atoms with E-state index in [-0.39, 0.29) is 25.0 Å². The van der Waals surface area contributed by atoms with Crippen molar-refractivity contribution in [3.05, 3.63) is 48.6 Å². The maximum Gasteiger partial charge on any atom is 0.313 e. The van der Waals surface area contributed by atoms with Gasteiger partial charge in [0, 0.05) is 44.2 Å². The van der Waals surface area contributed by atoms with E-state index in [1.54, 1.807) is 9.80 Å². The van der Waals surface area contributed by atoms with Gasteiger partial charge in [0.05, 0.1) is 18.1 Å². The second-order valence-corrected chi connectivity index (χ2v) is 11.9. The third kappa shape index (κ3) is 5.26. The number of rotatable bonds is 10. The van der Waals surface area contributed by atoms with Gasteiger partial charge in [-0.05, 0) is 70.7 Å². The van der Waals surface area contributed by atoms with Gasteiger partial charge >= 0.3 is 5.97 Å². The lowest BCUT2D eigenvalue weighted by molar-refractivity contribution is -0.158. The number of hydrogen-bond acceptors (Lipinski definition) is 7. The first-order chi connectivity index (χ1) is 20.3. The molecule has 0 aliphatic carbocycles. The molecule has 4 heterocycles. The van der Waals surface area contributed by atoms with Crippen LogP contribution in [0.15, 0.2) is 48.6 Å². The van der Waals surface area contributed by atoms with Crippen LogP contribution in [-0.2, 0) is 23.9 Å². The lowest BCUT2D eigenvalue weighted by Crippen LogP contribution is -2.56. The molecule has 2 fully saturated rings. The fourth-order valence-corrected chi connectivity index (χ4v) is 7.29.